The van der Waals surface area contributed by atoms with Crippen molar-refractivity contribution in [3.05, 3.63) is 53.6 Å². The minimum Gasteiger partial charge on any atom is -0.497 e. The normalized spacial score (nSPS) is 10.9. The lowest BCUT2D eigenvalue weighted by Crippen LogP contribution is -2.46. The third-order valence-electron chi connectivity index (χ3n) is 4.49. The Morgan fingerprint density at radius 2 is 1.61 bits per heavy atom. The van der Waals surface area contributed by atoms with Gasteiger partial charge in [0.2, 0.25) is 11.8 Å². The van der Waals surface area contributed by atoms with Crippen LogP contribution in [-0.2, 0) is 9.59 Å². The lowest BCUT2D eigenvalue weighted by Gasteiger charge is -2.23. The molecule has 2 amide bonds. The van der Waals surface area contributed by atoms with Crippen LogP contribution in [0.1, 0.15) is 25.0 Å². The van der Waals surface area contributed by atoms with Crippen molar-refractivity contribution >= 4 is 17.5 Å². The van der Waals surface area contributed by atoms with Gasteiger partial charge in [-0.3, -0.25) is 9.59 Å². The Bertz CT molecular complexity index is 829. The molecule has 2 N–H and O–H groups in total. The van der Waals surface area contributed by atoms with Gasteiger partial charge in [0.1, 0.15) is 23.5 Å². The predicted octanol–water partition coefficient (Wildman–Crippen LogP) is 3.47. The van der Waals surface area contributed by atoms with Crippen LogP contribution >= 0.6 is 0 Å². The van der Waals surface area contributed by atoms with Crippen LogP contribution in [0.5, 0.6) is 11.5 Å². The number of hydrogen-bond donors (Lipinski definition) is 2. The number of rotatable bonds is 8. The summed E-state index contributed by atoms with van der Waals surface area (Å²) >= 11 is 0. The quantitative estimate of drug-likeness (QED) is 0.540. The third-order valence-corrected chi connectivity index (χ3v) is 4.49. The lowest BCUT2D eigenvalue weighted by molar-refractivity contribution is -0.138. The lowest BCUT2D eigenvalue weighted by atomic mass is 9.90. The first-order valence-electron chi connectivity index (χ1n) is 9.18. The fraction of sp³-hybridized carbons (Fsp3) is 0.364. The summed E-state index contributed by atoms with van der Waals surface area (Å²) in [6, 6.07) is 13.0. The second-order valence-electron chi connectivity index (χ2n) is 7.18. The third kappa shape index (κ3) is 5.49. The summed E-state index contributed by atoms with van der Waals surface area (Å²) < 4.78 is 10.7. The van der Waals surface area contributed by atoms with Crippen LogP contribution in [0.15, 0.2) is 42.5 Å². The molecule has 0 spiro atoms. The fourth-order valence-electron chi connectivity index (χ4n) is 2.48. The second-order valence-corrected chi connectivity index (χ2v) is 7.18. The average molecular weight is 384 g/mol. The van der Waals surface area contributed by atoms with Crippen LogP contribution in [0.2, 0.25) is 0 Å². The number of carbonyl (C=O) groups is 2. The number of benzene rings is 2. The van der Waals surface area contributed by atoms with Gasteiger partial charge in [-0.15, -0.1) is 0 Å². The summed E-state index contributed by atoms with van der Waals surface area (Å²) in [7, 11) is 1.60. The molecular weight excluding hydrogens is 356 g/mol. The van der Waals surface area contributed by atoms with E-state index in [1.807, 2.05) is 32.0 Å². The Balaban J connectivity index is 1.85. The SMILES string of the molecule is COc1ccc(OCCNC(=O)C(C)(C)C(=O)Nc2cc(C)ccc2C)cc1. The van der Waals surface area contributed by atoms with Crippen LogP contribution in [0.25, 0.3) is 0 Å². The van der Waals surface area contributed by atoms with Gasteiger partial charge in [0, 0.05) is 5.69 Å². The first-order valence-corrected chi connectivity index (χ1v) is 9.18. The molecule has 2 aromatic rings. The zero-order chi connectivity index (χ0) is 20.7. The molecule has 0 aliphatic heterocycles. The topological polar surface area (TPSA) is 76.7 Å². The maximum atomic E-state index is 12.6. The van der Waals surface area contributed by atoms with Gasteiger partial charge in [0.25, 0.3) is 0 Å². The number of nitrogens with one attached hydrogen (secondary N) is 2. The monoisotopic (exact) mass is 384 g/mol. The Hall–Kier alpha value is -3.02. The van der Waals surface area contributed by atoms with Gasteiger partial charge in [0.05, 0.1) is 13.7 Å². The van der Waals surface area contributed by atoms with E-state index in [1.165, 1.54) is 0 Å². The minimum absolute atomic E-state index is 0.297. The average Bonchev–Trinajstić information content (AvgIpc) is 2.68. The van der Waals surface area contributed by atoms with E-state index >= 15 is 0 Å². The molecule has 0 atom stereocenters. The first kappa shape index (κ1) is 21.3. The molecule has 6 nitrogen and oxygen atoms in total. The van der Waals surface area contributed by atoms with Gasteiger partial charge in [-0.05, 0) is 69.2 Å². The molecule has 0 aliphatic carbocycles. The molecule has 0 aromatic heterocycles. The number of amides is 2. The van der Waals surface area contributed by atoms with E-state index in [0.29, 0.717) is 24.6 Å². The summed E-state index contributed by atoms with van der Waals surface area (Å²) in [6.07, 6.45) is 0. The number of anilines is 1. The van der Waals surface area contributed by atoms with Crippen molar-refractivity contribution in [2.75, 3.05) is 25.6 Å². The van der Waals surface area contributed by atoms with Crippen molar-refractivity contribution < 1.29 is 19.1 Å². The van der Waals surface area contributed by atoms with E-state index in [9.17, 15) is 9.59 Å². The second kappa shape index (κ2) is 9.26. The smallest absolute Gasteiger partial charge is 0.239 e. The van der Waals surface area contributed by atoms with Gasteiger partial charge in [-0.1, -0.05) is 12.1 Å². The molecule has 6 heteroatoms. The number of aryl methyl sites for hydroxylation is 2. The van der Waals surface area contributed by atoms with Crippen molar-refractivity contribution in [2.24, 2.45) is 5.41 Å². The molecule has 2 aromatic carbocycles. The van der Waals surface area contributed by atoms with Crippen molar-refractivity contribution in [3.8, 4) is 11.5 Å². The predicted molar refractivity (Wildman–Crippen MR) is 110 cm³/mol. The maximum absolute atomic E-state index is 12.6. The molecule has 0 unspecified atom stereocenters. The summed E-state index contributed by atoms with van der Waals surface area (Å²) in [5.41, 5.74) is 1.49. The summed E-state index contributed by atoms with van der Waals surface area (Å²) in [4.78, 5) is 25.1. The van der Waals surface area contributed by atoms with Crippen LogP contribution in [-0.4, -0.2) is 32.1 Å². The Morgan fingerprint density at radius 1 is 0.964 bits per heavy atom. The van der Waals surface area contributed by atoms with Crippen LogP contribution in [0, 0.1) is 19.3 Å². The van der Waals surface area contributed by atoms with Crippen molar-refractivity contribution in [1.82, 2.24) is 5.32 Å². The fourth-order valence-corrected chi connectivity index (χ4v) is 2.48. The summed E-state index contributed by atoms with van der Waals surface area (Å²) in [5.74, 6) is 0.725. The molecule has 0 aliphatic rings. The molecule has 0 heterocycles. The molecule has 0 fully saturated rings. The highest BCUT2D eigenvalue weighted by molar-refractivity contribution is 6.10. The van der Waals surface area contributed by atoms with Crippen molar-refractivity contribution in [2.45, 2.75) is 27.7 Å². The Kier molecular flexibility index (Phi) is 7.04. The van der Waals surface area contributed by atoms with E-state index < -0.39 is 5.41 Å². The van der Waals surface area contributed by atoms with E-state index in [2.05, 4.69) is 10.6 Å². The van der Waals surface area contributed by atoms with Crippen LogP contribution in [0.3, 0.4) is 0 Å². The maximum Gasteiger partial charge on any atom is 0.239 e. The molecule has 0 radical (unpaired) electrons. The molecular formula is C22H28N2O4. The highest BCUT2D eigenvalue weighted by atomic mass is 16.5. The molecule has 0 saturated carbocycles. The Labute approximate surface area is 166 Å². The largest absolute Gasteiger partial charge is 0.497 e. The highest BCUT2D eigenvalue weighted by Crippen LogP contribution is 2.22. The summed E-state index contributed by atoms with van der Waals surface area (Å²) in [6.45, 7) is 7.67. The molecule has 2 rings (SSSR count). The zero-order valence-electron chi connectivity index (χ0n) is 17.1. The van der Waals surface area contributed by atoms with Gasteiger partial charge in [-0.25, -0.2) is 0 Å². The van der Waals surface area contributed by atoms with Gasteiger partial charge < -0.3 is 20.1 Å². The first-order chi connectivity index (χ1) is 13.2. The summed E-state index contributed by atoms with van der Waals surface area (Å²) in [5, 5.41) is 5.62. The number of carbonyl (C=O) groups excluding carboxylic acids is 2. The molecule has 0 bridgehead atoms. The highest BCUT2D eigenvalue weighted by Gasteiger charge is 2.36. The van der Waals surface area contributed by atoms with E-state index in [4.69, 9.17) is 9.47 Å². The van der Waals surface area contributed by atoms with E-state index in [0.717, 1.165) is 16.9 Å². The number of methoxy groups -OCH3 is 1. The van der Waals surface area contributed by atoms with E-state index in [1.54, 1.807) is 45.2 Å². The molecule has 0 saturated heterocycles. The zero-order valence-corrected chi connectivity index (χ0v) is 17.1. The van der Waals surface area contributed by atoms with Gasteiger partial charge in [-0.2, -0.15) is 0 Å². The minimum atomic E-state index is -1.21. The molecule has 28 heavy (non-hydrogen) atoms. The van der Waals surface area contributed by atoms with Crippen LogP contribution < -0.4 is 20.1 Å². The van der Waals surface area contributed by atoms with Crippen LogP contribution in [0.4, 0.5) is 5.69 Å². The van der Waals surface area contributed by atoms with E-state index in [-0.39, 0.29) is 11.8 Å². The Morgan fingerprint density at radius 3 is 2.25 bits per heavy atom. The van der Waals surface area contributed by atoms with Gasteiger partial charge in [0.15, 0.2) is 0 Å². The van der Waals surface area contributed by atoms with Crippen molar-refractivity contribution in [3.63, 3.8) is 0 Å². The molecule has 150 valence electrons. The van der Waals surface area contributed by atoms with Gasteiger partial charge >= 0.3 is 0 Å². The van der Waals surface area contributed by atoms with Crippen molar-refractivity contribution in [1.29, 1.82) is 0 Å². The number of hydrogen-bond acceptors (Lipinski definition) is 4. The standard InChI is InChI=1S/C22H28N2O4/c1-15-6-7-16(2)19(14-15)24-21(26)22(3,4)20(25)23-12-13-28-18-10-8-17(27-5)9-11-18/h6-11,14H,12-13H2,1-5H3,(H,23,25)(H,24,26). The number of ether oxygens (including phenoxy) is 2.